The van der Waals surface area contributed by atoms with Crippen molar-refractivity contribution in [3.05, 3.63) is 53.8 Å². The van der Waals surface area contributed by atoms with Crippen LogP contribution in [0.15, 0.2) is 53.1 Å². The number of nitrogens with two attached hydrogens (primary N) is 1. The highest BCUT2D eigenvalue weighted by Crippen LogP contribution is 2.28. The van der Waals surface area contributed by atoms with Gasteiger partial charge in [0.05, 0.1) is 17.0 Å². The Bertz CT molecular complexity index is 961. The fourth-order valence-corrected chi connectivity index (χ4v) is 2.46. The van der Waals surface area contributed by atoms with Crippen LogP contribution in [0.2, 0.25) is 5.02 Å². The Hall–Kier alpha value is -2.86. The molecule has 4 aromatic rings. The van der Waals surface area contributed by atoms with Gasteiger partial charge in [0.2, 0.25) is 11.8 Å². The largest absolute Gasteiger partial charge is 0.461 e. The number of anilines is 1. The van der Waals surface area contributed by atoms with Crippen LogP contribution in [0.1, 0.15) is 0 Å². The summed E-state index contributed by atoms with van der Waals surface area (Å²) < 4.78 is 6.78. The molecule has 0 bridgehead atoms. The van der Waals surface area contributed by atoms with Crippen LogP contribution in [-0.4, -0.2) is 19.6 Å². The van der Waals surface area contributed by atoms with Gasteiger partial charge in [-0.15, -0.1) is 0 Å². The number of hydrogen-bond donors (Lipinski definition) is 1. The van der Waals surface area contributed by atoms with Crippen LogP contribution < -0.4 is 5.73 Å². The Balaban J connectivity index is 1.91. The summed E-state index contributed by atoms with van der Waals surface area (Å²) in [6, 6.07) is 12.8. The molecule has 0 radical (unpaired) electrons. The summed E-state index contributed by atoms with van der Waals surface area (Å²) in [6.45, 7) is 0. The highest BCUT2D eigenvalue weighted by Gasteiger charge is 2.14. The smallest absolute Gasteiger partial charge is 0.225 e. The molecule has 0 aliphatic heterocycles. The van der Waals surface area contributed by atoms with Gasteiger partial charge >= 0.3 is 0 Å². The molecule has 0 atom stereocenters. The minimum atomic E-state index is 0.231. The SMILES string of the molecule is Nc1nc(-c2ccco2)nc2cc(-c3ccccc3Cl)nn12. The summed E-state index contributed by atoms with van der Waals surface area (Å²) in [6.07, 6.45) is 1.56. The molecular formula is C15H10ClN5O. The molecular weight excluding hydrogens is 302 g/mol. The van der Waals surface area contributed by atoms with E-state index >= 15 is 0 Å². The Kier molecular flexibility index (Phi) is 2.83. The monoisotopic (exact) mass is 311 g/mol. The maximum atomic E-state index is 6.21. The van der Waals surface area contributed by atoms with Crippen molar-refractivity contribution in [3.8, 4) is 22.8 Å². The van der Waals surface area contributed by atoms with Crippen molar-refractivity contribution in [2.24, 2.45) is 0 Å². The minimum Gasteiger partial charge on any atom is -0.461 e. The molecule has 0 fully saturated rings. The van der Waals surface area contributed by atoms with Gasteiger partial charge in [0.25, 0.3) is 0 Å². The third kappa shape index (κ3) is 2.01. The van der Waals surface area contributed by atoms with Crippen molar-refractivity contribution in [2.45, 2.75) is 0 Å². The summed E-state index contributed by atoms with van der Waals surface area (Å²) in [5, 5.41) is 5.03. The van der Waals surface area contributed by atoms with Crippen LogP contribution in [0.4, 0.5) is 5.95 Å². The lowest BCUT2D eigenvalue weighted by molar-refractivity contribution is 0.577. The first-order chi connectivity index (χ1) is 10.7. The van der Waals surface area contributed by atoms with Gasteiger partial charge in [-0.3, -0.25) is 0 Å². The normalized spacial score (nSPS) is 11.1. The summed E-state index contributed by atoms with van der Waals surface area (Å²) >= 11 is 6.21. The molecule has 0 aliphatic carbocycles. The highest BCUT2D eigenvalue weighted by molar-refractivity contribution is 6.33. The molecule has 0 amide bonds. The van der Waals surface area contributed by atoms with Gasteiger partial charge in [-0.2, -0.15) is 14.6 Å². The van der Waals surface area contributed by atoms with E-state index in [0.29, 0.717) is 27.9 Å². The van der Waals surface area contributed by atoms with E-state index in [9.17, 15) is 0 Å². The third-order valence-electron chi connectivity index (χ3n) is 3.24. The summed E-state index contributed by atoms with van der Waals surface area (Å²) in [5.41, 5.74) is 8.04. The molecule has 3 heterocycles. The van der Waals surface area contributed by atoms with Crippen molar-refractivity contribution in [1.29, 1.82) is 0 Å². The zero-order valence-electron chi connectivity index (χ0n) is 11.3. The standard InChI is InChI=1S/C15H10ClN5O/c16-10-5-2-1-4-9(10)11-8-13-18-14(12-6-3-7-22-12)19-15(17)21(13)20-11/h1-8H,(H2,17,18,19). The van der Waals surface area contributed by atoms with Crippen LogP contribution in [0.3, 0.4) is 0 Å². The van der Waals surface area contributed by atoms with E-state index < -0.39 is 0 Å². The molecule has 0 aliphatic rings. The minimum absolute atomic E-state index is 0.231. The maximum Gasteiger partial charge on any atom is 0.225 e. The van der Waals surface area contributed by atoms with Crippen LogP contribution >= 0.6 is 11.6 Å². The van der Waals surface area contributed by atoms with Gasteiger partial charge in [0.15, 0.2) is 11.4 Å². The lowest BCUT2D eigenvalue weighted by Gasteiger charge is -2.00. The van der Waals surface area contributed by atoms with Crippen LogP contribution in [0.5, 0.6) is 0 Å². The van der Waals surface area contributed by atoms with E-state index in [2.05, 4.69) is 15.1 Å². The van der Waals surface area contributed by atoms with Gasteiger partial charge in [-0.05, 0) is 18.2 Å². The second kappa shape index (κ2) is 4.85. The number of benzene rings is 1. The van der Waals surface area contributed by atoms with E-state index in [1.807, 2.05) is 30.3 Å². The van der Waals surface area contributed by atoms with Gasteiger partial charge < -0.3 is 10.2 Å². The lowest BCUT2D eigenvalue weighted by Crippen LogP contribution is -2.05. The van der Waals surface area contributed by atoms with Gasteiger partial charge in [-0.25, -0.2) is 4.98 Å². The highest BCUT2D eigenvalue weighted by atomic mass is 35.5. The fraction of sp³-hybridized carbons (Fsp3) is 0. The summed E-state index contributed by atoms with van der Waals surface area (Å²) in [4.78, 5) is 8.64. The predicted molar refractivity (Wildman–Crippen MR) is 83.3 cm³/mol. The van der Waals surface area contributed by atoms with Crippen molar-refractivity contribution < 1.29 is 4.42 Å². The Morgan fingerprint density at radius 2 is 1.95 bits per heavy atom. The Morgan fingerprint density at radius 3 is 2.73 bits per heavy atom. The van der Waals surface area contributed by atoms with Crippen molar-refractivity contribution in [1.82, 2.24) is 19.6 Å². The van der Waals surface area contributed by atoms with Crippen molar-refractivity contribution in [2.75, 3.05) is 5.73 Å². The van der Waals surface area contributed by atoms with E-state index in [-0.39, 0.29) is 5.95 Å². The number of nitrogens with zero attached hydrogens (tertiary/aromatic N) is 4. The molecule has 0 spiro atoms. The van der Waals surface area contributed by atoms with Crippen LogP contribution in [0, 0.1) is 0 Å². The molecule has 6 nitrogen and oxygen atoms in total. The Morgan fingerprint density at radius 1 is 1.09 bits per heavy atom. The quantitative estimate of drug-likeness (QED) is 0.614. The van der Waals surface area contributed by atoms with Crippen LogP contribution in [-0.2, 0) is 0 Å². The van der Waals surface area contributed by atoms with E-state index in [1.165, 1.54) is 4.52 Å². The number of rotatable bonds is 2. The maximum absolute atomic E-state index is 6.21. The summed E-state index contributed by atoms with van der Waals surface area (Å²) in [5.74, 6) is 1.20. The molecule has 2 N–H and O–H groups in total. The van der Waals surface area contributed by atoms with Crippen molar-refractivity contribution in [3.63, 3.8) is 0 Å². The number of fused-ring (bicyclic) bond motifs is 1. The molecule has 0 saturated heterocycles. The number of furan rings is 1. The first-order valence-corrected chi connectivity index (χ1v) is 6.92. The predicted octanol–water partition coefficient (Wildman–Crippen LogP) is 3.29. The zero-order valence-corrected chi connectivity index (χ0v) is 12.0. The van der Waals surface area contributed by atoms with E-state index in [1.54, 1.807) is 18.4 Å². The van der Waals surface area contributed by atoms with Crippen LogP contribution in [0.25, 0.3) is 28.5 Å². The van der Waals surface area contributed by atoms with Gasteiger partial charge in [0, 0.05) is 11.6 Å². The fourth-order valence-electron chi connectivity index (χ4n) is 2.23. The first kappa shape index (κ1) is 12.8. The molecule has 1 aromatic carbocycles. The number of aromatic nitrogens is 4. The molecule has 7 heteroatoms. The lowest BCUT2D eigenvalue weighted by atomic mass is 10.1. The molecule has 0 saturated carbocycles. The van der Waals surface area contributed by atoms with Gasteiger partial charge in [-0.1, -0.05) is 29.8 Å². The number of nitrogen functional groups attached to an aromatic ring is 1. The van der Waals surface area contributed by atoms with E-state index in [4.69, 9.17) is 21.8 Å². The topological polar surface area (TPSA) is 82.2 Å². The third-order valence-corrected chi connectivity index (χ3v) is 3.57. The second-order valence-corrected chi connectivity index (χ2v) is 5.07. The second-order valence-electron chi connectivity index (χ2n) is 4.66. The average Bonchev–Trinajstić information content (AvgIpc) is 3.17. The zero-order chi connectivity index (χ0) is 15.1. The number of hydrogen-bond acceptors (Lipinski definition) is 5. The average molecular weight is 312 g/mol. The number of halogens is 1. The van der Waals surface area contributed by atoms with Crippen molar-refractivity contribution >= 4 is 23.2 Å². The summed E-state index contributed by atoms with van der Waals surface area (Å²) in [7, 11) is 0. The molecule has 22 heavy (non-hydrogen) atoms. The first-order valence-electron chi connectivity index (χ1n) is 6.54. The Labute approximate surface area is 130 Å². The molecule has 4 rings (SSSR count). The molecule has 3 aromatic heterocycles. The molecule has 108 valence electrons. The van der Waals surface area contributed by atoms with E-state index in [0.717, 1.165) is 5.56 Å². The van der Waals surface area contributed by atoms with Gasteiger partial charge in [0.1, 0.15) is 0 Å². The molecule has 0 unspecified atom stereocenters.